The van der Waals surface area contributed by atoms with Gasteiger partial charge in [0.25, 0.3) is 0 Å². The van der Waals surface area contributed by atoms with Crippen LogP contribution in [-0.4, -0.2) is 5.60 Å². The van der Waals surface area contributed by atoms with E-state index in [2.05, 4.69) is 0 Å². The molecule has 1 heterocycles. The van der Waals surface area contributed by atoms with E-state index in [1.807, 2.05) is 26.0 Å². The van der Waals surface area contributed by atoms with E-state index >= 15 is 0 Å². The van der Waals surface area contributed by atoms with Crippen LogP contribution in [0.5, 0.6) is 0 Å². The highest BCUT2D eigenvalue weighted by Crippen LogP contribution is 2.40. The molecule has 1 aliphatic carbocycles. The van der Waals surface area contributed by atoms with E-state index in [1.165, 1.54) is 0 Å². The van der Waals surface area contributed by atoms with Crippen LogP contribution < -0.4 is 5.73 Å². The van der Waals surface area contributed by atoms with Gasteiger partial charge in [-0.3, -0.25) is 0 Å². The van der Waals surface area contributed by atoms with Gasteiger partial charge < -0.3 is 10.5 Å². The first-order chi connectivity index (χ1) is 5.99. The summed E-state index contributed by atoms with van der Waals surface area (Å²) < 4.78 is 5.73. The molecule has 0 aromatic heterocycles. The number of nitrogens with two attached hydrogens (primary N) is 1. The maximum atomic E-state index is 5.96. The van der Waals surface area contributed by atoms with Gasteiger partial charge in [-0.05, 0) is 26.0 Å². The molecule has 0 aromatic carbocycles. The predicted molar refractivity (Wildman–Crippen MR) is 53.0 cm³/mol. The number of allylic oxidation sites excluding steroid dienone is 3. The average Bonchev–Trinajstić information content (AvgIpc) is 2.28. The molecule has 2 rings (SSSR count). The SMILES string of the molecule is CC1(C)CC(N)=C2C(Cl)=CC=C2O1. The molecule has 0 unspecified atom stereocenters. The predicted octanol–water partition coefficient (Wildman–Crippen LogP) is 2.42. The summed E-state index contributed by atoms with van der Waals surface area (Å²) in [5.41, 5.74) is 7.40. The molecule has 0 spiro atoms. The van der Waals surface area contributed by atoms with Gasteiger partial charge in [0, 0.05) is 12.1 Å². The van der Waals surface area contributed by atoms with Crippen molar-refractivity contribution in [3.8, 4) is 0 Å². The summed E-state index contributed by atoms with van der Waals surface area (Å²) in [5.74, 6) is 0.804. The molecule has 2 N–H and O–H groups in total. The minimum atomic E-state index is -0.214. The summed E-state index contributed by atoms with van der Waals surface area (Å²) in [6, 6.07) is 0. The molecule has 0 saturated heterocycles. The van der Waals surface area contributed by atoms with Crippen LogP contribution >= 0.6 is 11.6 Å². The van der Waals surface area contributed by atoms with Crippen LogP contribution in [0.15, 0.2) is 34.2 Å². The van der Waals surface area contributed by atoms with E-state index in [0.29, 0.717) is 5.03 Å². The van der Waals surface area contributed by atoms with Crippen LogP contribution in [-0.2, 0) is 4.74 Å². The van der Waals surface area contributed by atoms with Crippen molar-refractivity contribution >= 4 is 11.6 Å². The fourth-order valence-electron chi connectivity index (χ4n) is 1.71. The molecule has 0 amide bonds. The standard InChI is InChI=1S/C10H12ClNO/c1-10(2)5-7(12)9-6(11)3-4-8(9)13-10/h3-4H,5,12H2,1-2H3. The summed E-state index contributed by atoms with van der Waals surface area (Å²) in [7, 11) is 0. The fraction of sp³-hybridized carbons (Fsp3) is 0.400. The molecule has 0 saturated carbocycles. The Hall–Kier alpha value is -0.890. The third-order valence-electron chi connectivity index (χ3n) is 2.19. The van der Waals surface area contributed by atoms with Crippen molar-refractivity contribution in [1.29, 1.82) is 0 Å². The molecular weight excluding hydrogens is 186 g/mol. The number of fused-ring (bicyclic) bond motifs is 1. The number of halogens is 1. The molecule has 70 valence electrons. The summed E-state index contributed by atoms with van der Waals surface area (Å²) in [4.78, 5) is 0. The van der Waals surface area contributed by atoms with Crippen molar-refractivity contribution in [2.24, 2.45) is 5.73 Å². The average molecular weight is 198 g/mol. The van der Waals surface area contributed by atoms with Crippen LogP contribution in [0.1, 0.15) is 20.3 Å². The van der Waals surface area contributed by atoms with Crippen LogP contribution in [0.3, 0.4) is 0 Å². The molecule has 0 fully saturated rings. The Bertz CT molecular complexity index is 350. The Labute approximate surface area is 82.7 Å². The lowest BCUT2D eigenvalue weighted by Crippen LogP contribution is -2.31. The smallest absolute Gasteiger partial charge is 0.130 e. The molecule has 2 aliphatic rings. The summed E-state index contributed by atoms with van der Waals surface area (Å²) in [5, 5.41) is 0.683. The monoisotopic (exact) mass is 197 g/mol. The van der Waals surface area contributed by atoms with Gasteiger partial charge in [0.05, 0.1) is 10.6 Å². The van der Waals surface area contributed by atoms with Gasteiger partial charge in [0.2, 0.25) is 0 Å². The topological polar surface area (TPSA) is 35.2 Å². The third kappa shape index (κ3) is 1.35. The molecule has 0 bridgehead atoms. The van der Waals surface area contributed by atoms with Gasteiger partial charge in [0.1, 0.15) is 11.4 Å². The molecule has 3 heteroatoms. The molecule has 1 aliphatic heterocycles. The van der Waals surface area contributed by atoms with Gasteiger partial charge in [-0.2, -0.15) is 0 Å². The van der Waals surface area contributed by atoms with E-state index < -0.39 is 0 Å². The summed E-state index contributed by atoms with van der Waals surface area (Å²) in [6.07, 6.45) is 4.41. The van der Waals surface area contributed by atoms with Crippen LogP contribution in [0.4, 0.5) is 0 Å². The third-order valence-corrected chi connectivity index (χ3v) is 2.50. The number of rotatable bonds is 0. The first-order valence-corrected chi connectivity index (χ1v) is 4.63. The first-order valence-electron chi connectivity index (χ1n) is 4.25. The minimum absolute atomic E-state index is 0.214. The van der Waals surface area contributed by atoms with Gasteiger partial charge >= 0.3 is 0 Å². The lowest BCUT2D eigenvalue weighted by atomic mass is 9.96. The number of hydrogen-bond acceptors (Lipinski definition) is 2. The molecule has 13 heavy (non-hydrogen) atoms. The van der Waals surface area contributed by atoms with Crippen molar-refractivity contribution in [2.75, 3.05) is 0 Å². The minimum Gasteiger partial charge on any atom is -0.487 e. The Balaban J connectivity index is 2.45. The normalized spacial score (nSPS) is 24.8. The Kier molecular flexibility index (Phi) is 1.70. The first kappa shape index (κ1) is 8.70. The lowest BCUT2D eigenvalue weighted by Gasteiger charge is -2.33. The summed E-state index contributed by atoms with van der Waals surface area (Å²) >= 11 is 5.96. The quantitative estimate of drug-likeness (QED) is 0.648. The van der Waals surface area contributed by atoms with E-state index in [1.54, 1.807) is 0 Å². The highest BCUT2D eigenvalue weighted by atomic mass is 35.5. The Morgan fingerprint density at radius 3 is 2.85 bits per heavy atom. The molecular formula is C10H12ClNO. The zero-order chi connectivity index (χ0) is 9.64. The van der Waals surface area contributed by atoms with E-state index in [-0.39, 0.29) is 5.60 Å². The molecule has 0 aromatic rings. The highest BCUT2D eigenvalue weighted by molar-refractivity contribution is 6.33. The second-order valence-corrected chi connectivity index (χ2v) is 4.39. The van der Waals surface area contributed by atoms with Crippen molar-refractivity contribution < 1.29 is 4.74 Å². The maximum absolute atomic E-state index is 5.96. The lowest BCUT2D eigenvalue weighted by molar-refractivity contribution is 0.0319. The highest BCUT2D eigenvalue weighted by Gasteiger charge is 2.33. The second kappa shape index (κ2) is 2.55. The van der Waals surface area contributed by atoms with Crippen molar-refractivity contribution in [3.63, 3.8) is 0 Å². The molecule has 0 radical (unpaired) electrons. The van der Waals surface area contributed by atoms with Gasteiger partial charge in [-0.15, -0.1) is 0 Å². The van der Waals surface area contributed by atoms with Crippen LogP contribution in [0.25, 0.3) is 0 Å². The molecule has 0 atom stereocenters. The Morgan fingerprint density at radius 2 is 2.15 bits per heavy atom. The summed E-state index contributed by atoms with van der Waals surface area (Å²) in [6.45, 7) is 4.04. The zero-order valence-corrected chi connectivity index (χ0v) is 8.48. The van der Waals surface area contributed by atoms with E-state index in [4.69, 9.17) is 22.1 Å². The zero-order valence-electron chi connectivity index (χ0n) is 7.73. The van der Waals surface area contributed by atoms with Crippen molar-refractivity contribution in [1.82, 2.24) is 0 Å². The van der Waals surface area contributed by atoms with Crippen LogP contribution in [0, 0.1) is 0 Å². The fourth-order valence-corrected chi connectivity index (χ4v) is 1.99. The van der Waals surface area contributed by atoms with Crippen molar-refractivity contribution in [3.05, 3.63) is 34.2 Å². The second-order valence-electron chi connectivity index (χ2n) is 3.98. The number of ether oxygens (including phenoxy) is 1. The largest absolute Gasteiger partial charge is 0.487 e. The Morgan fingerprint density at radius 1 is 1.46 bits per heavy atom. The van der Waals surface area contributed by atoms with Gasteiger partial charge in [-0.1, -0.05) is 11.6 Å². The van der Waals surface area contributed by atoms with Crippen LogP contribution in [0.2, 0.25) is 0 Å². The van der Waals surface area contributed by atoms with E-state index in [9.17, 15) is 0 Å². The van der Waals surface area contributed by atoms with Gasteiger partial charge in [0.15, 0.2) is 0 Å². The number of hydrogen-bond donors (Lipinski definition) is 1. The van der Waals surface area contributed by atoms with E-state index in [0.717, 1.165) is 23.5 Å². The van der Waals surface area contributed by atoms with Crippen molar-refractivity contribution in [2.45, 2.75) is 25.9 Å². The molecule has 2 nitrogen and oxygen atoms in total. The maximum Gasteiger partial charge on any atom is 0.130 e. The van der Waals surface area contributed by atoms with Gasteiger partial charge in [-0.25, -0.2) is 0 Å².